The molecule has 1 fully saturated rings. The van der Waals surface area contributed by atoms with Crippen LogP contribution < -0.4 is 16.4 Å². The van der Waals surface area contributed by atoms with Gasteiger partial charge in [0.05, 0.1) is 0 Å². The van der Waals surface area contributed by atoms with E-state index in [0.29, 0.717) is 30.2 Å². The lowest BCUT2D eigenvalue weighted by Crippen LogP contribution is -2.71. The Bertz CT molecular complexity index is 1570. The Hall–Kier alpha value is -4.51. The number of fused-ring (bicyclic) bond motifs is 1. The fraction of sp³-hybridized carbons (Fsp3) is 0.522. The molecule has 0 saturated carbocycles. The Balaban J connectivity index is 1.37. The Morgan fingerprint density at radius 2 is 2.00 bits per heavy atom. The molecule has 20 nitrogen and oxygen atoms in total. The Morgan fingerprint density at radius 3 is 2.65 bits per heavy atom. The molecular formula is C23H29N11O9S3. The van der Waals surface area contributed by atoms with Crippen molar-refractivity contribution >= 4 is 75.7 Å². The van der Waals surface area contributed by atoms with Crippen LogP contribution in [-0.2, 0) is 35.3 Å². The van der Waals surface area contributed by atoms with Crippen LogP contribution in [0.5, 0.6) is 0 Å². The quantitative estimate of drug-likeness (QED) is 0.0539. The van der Waals surface area contributed by atoms with Gasteiger partial charge in [0, 0.05) is 36.1 Å². The molecular weight excluding hydrogens is 671 g/mol. The third-order valence-electron chi connectivity index (χ3n) is 5.84. The number of oxime groups is 1. The molecule has 2 aromatic heterocycles. The number of rotatable bonds is 14. The van der Waals surface area contributed by atoms with Gasteiger partial charge in [-0.2, -0.15) is 9.36 Å². The minimum atomic E-state index is -1.34. The molecule has 0 aromatic carbocycles. The van der Waals surface area contributed by atoms with E-state index in [1.807, 2.05) is 0 Å². The number of nitrogens with zero attached hydrogens (tertiary/aromatic N) is 8. The van der Waals surface area contributed by atoms with E-state index < -0.39 is 59.2 Å². The number of nitrogen functional groups attached to an aromatic ring is 1. The van der Waals surface area contributed by atoms with Crippen LogP contribution in [0.25, 0.3) is 0 Å². The molecule has 3 amide bonds. The van der Waals surface area contributed by atoms with Crippen molar-refractivity contribution in [2.45, 2.75) is 55.9 Å². The Kier molecular flexibility index (Phi) is 11.0. The molecule has 23 heteroatoms. The number of ether oxygens (including phenoxy) is 1. The van der Waals surface area contributed by atoms with Crippen molar-refractivity contribution in [3.05, 3.63) is 17.1 Å². The van der Waals surface area contributed by atoms with Crippen molar-refractivity contribution in [1.82, 2.24) is 45.1 Å². The van der Waals surface area contributed by atoms with E-state index in [1.54, 1.807) is 20.8 Å². The van der Waals surface area contributed by atoms with E-state index in [-0.39, 0.29) is 28.2 Å². The molecule has 0 spiro atoms. The lowest BCUT2D eigenvalue weighted by Gasteiger charge is -2.49. The minimum absolute atomic E-state index is 0.00772. The molecule has 2 atom stereocenters. The summed E-state index contributed by atoms with van der Waals surface area (Å²) in [6.07, 6.45) is -0.0416. The molecule has 6 N–H and O–H groups in total. The molecule has 1 unspecified atom stereocenters. The summed E-state index contributed by atoms with van der Waals surface area (Å²) < 4.78 is 10.6. The summed E-state index contributed by atoms with van der Waals surface area (Å²) in [5, 5.41) is 38.8. The van der Waals surface area contributed by atoms with Gasteiger partial charge >= 0.3 is 18.0 Å². The van der Waals surface area contributed by atoms with E-state index >= 15 is 0 Å². The summed E-state index contributed by atoms with van der Waals surface area (Å²) in [4.78, 5) is 70.7. The molecule has 4 heterocycles. The number of carboxylic acids is 2. The predicted molar refractivity (Wildman–Crippen MR) is 162 cm³/mol. The van der Waals surface area contributed by atoms with Crippen LogP contribution in [0.2, 0.25) is 0 Å². The van der Waals surface area contributed by atoms with E-state index in [2.05, 4.69) is 45.5 Å². The van der Waals surface area contributed by atoms with Crippen LogP contribution in [0.3, 0.4) is 0 Å². The maximum atomic E-state index is 13.1. The number of carboxylic acid groups (broad SMARTS) is 2. The van der Waals surface area contributed by atoms with Crippen LogP contribution in [0.15, 0.2) is 21.6 Å². The first-order chi connectivity index (χ1) is 21.7. The maximum Gasteiger partial charge on any atom is 0.407 e. The average Bonchev–Trinajstić information content (AvgIpc) is 3.61. The van der Waals surface area contributed by atoms with Gasteiger partial charge in [0.2, 0.25) is 23.3 Å². The highest BCUT2D eigenvalue weighted by Crippen LogP contribution is 2.41. The zero-order chi connectivity index (χ0) is 33.6. The normalized spacial score (nSPS) is 18.0. The van der Waals surface area contributed by atoms with E-state index in [1.165, 1.54) is 28.2 Å². The number of thioether (sulfide) groups is 2. The van der Waals surface area contributed by atoms with Crippen molar-refractivity contribution < 1.29 is 43.8 Å². The van der Waals surface area contributed by atoms with Gasteiger partial charge in [-0.05, 0) is 43.2 Å². The predicted octanol–water partition coefficient (Wildman–Crippen LogP) is -0.642. The molecule has 2 aliphatic heterocycles. The first-order valence-electron chi connectivity index (χ1n) is 13.3. The highest BCUT2D eigenvalue weighted by atomic mass is 32.2. The standard InChI is InChI=1S/C23H29N11O9S3/c1-23(2,3)43-22(41)25-5-4-6-33-21(28-31-32-33)45-9-10-8-44-18-13(17(38)34(18)14(10)19(39)40)26-16(37)12(29-42-7-11(35)36)15-27-20(24)46-30-15/h13,18H,4-9H2,1-3H3,(H,25,41)(H,26,37)(H,35,36)(H,39,40)(H2,24,27,30)/b29-12-/t13?,18-/m1/s1. The summed E-state index contributed by atoms with van der Waals surface area (Å²) in [5.41, 5.74) is 4.70. The number of amides is 3. The van der Waals surface area contributed by atoms with Crippen molar-refractivity contribution in [3.8, 4) is 0 Å². The van der Waals surface area contributed by atoms with Crippen molar-refractivity contribution in [3.63, 3.8) is 0 Å². The van der Waals surface area contributed by atoms with Gasteiger partial charge in [-0.15, -0.1) is 16.9 Å². The van der Waals surface area contributed by atoms with Gasteiger partial charge < -0.3 is 36.2 Å². The second-order valence-corrected chi connectivity index (χ2v) is 13.3. The summed E-state index contributed by atoms with van der Waals surface area (Å²) in [7, 11) is 0. The number of β-lactam (4-membered cyclic amide) rings is 1. The third-order valence-corrected chi connectivity index (χ3v) is 8.76. The van der Waals surface area contributed by atoms with Crippen LogP contribution >= 0.6 is 35.1 Å². The summed E-state index contributed by atoms with van der Waals surface area (Å²) in [5.74, 6) is -4.14. The molecule has 0 radical (unpaired) electrons. The van der Waals surface area contributed by atoms with E-state index in [0.717, 1.165) is 16.4 Å². The minimum Gasteiger partial charge on any atom is -0.479 e. The summed E-state index contributed by atoms with van der Waals surface area (Å²) >= 11 is 3.19. The second-order valence-electron chi connectivity index (χ2n) is 10.4. The molecule has 46 heavy (non-hydrogen) atoms. The molecule has 4 rings (SSSR count). The van der Waals surface area contributed by atoms with E-state index in [4.69, 9.17) is 15.6 Å². The molecule has 2 aromatic rings. The molecule has 2 aliphatic rings. The van der Waals surface area contributed by atoms with Crippen molar-refractivity contribution in [2.24, 2.45) is 5.16 Å². The summed E-state index contributed by atoms with van der Waals surface area (Å²) in [6.45, 7) is 5.12. The molecule has 1 saturated heterocycles. The lowest BCUT2D eigenvalue weighted by molar-refractivity contribution is -0.150. The lowest BCUT2D eigenvalue weighted by atomic mass is 10.0. The van der Waals surface area contributed by atoms with Crippen molar-refractivity contribution in [1.29, 1.82) is 0 Å². The van der Waals surface area contributed by atoms with Crippen LogP contribution in [-0.4, -0.2) is 122 Å². The molecule has 248 valence electrons. The topological polar surface area (TPSA) is 279 Å². The average molecular weight is 700 g/mol. The fourth-order valence-corrected chi connectivity index (χ4v) is 6.82. The first-order valence-corrected chi connectivity index (χ1v) is 16.1. The number of hydrogen-bond acceptors (Lipinski definition) is 17. The zero-order valence-electron chi connectivity index (χ0n) is 24.5. The van der Waals surface area contributed by atoms with Crippen LogP contribution in [0.1, 0.15) is 33.0 Å². The van der Waals surface area contributed by atoms with Crippen molar-refractivity contribution in [2.75, 3.05) is 30.4 Å². The first kappa shape index (κ1) is 34.4. The maximum absolute atomic E-state index is 13.1. The monoisotopic (exact) mass is 699 g/mol. The van der Waals surface area contributed by atoms with Gasteiger partial charge in [-0.25, -0.2) is 19.1 Å². The van der Waals surface area contributed by atoms with Gasteiger partial charge in [0.1, 0.15) is 22.7 Å². The number of nitrogens with one attached hydrogen (secondary N) is 2. The number of hydrogen-bond donors (Lipinski definition) is 5. The number of alkyl carbamates (subject to hydrolysis) is 1. The Labute approximate surface area is 272 Å². The smallest absolute Gasteiger partial charge is 0.407 e. The number of tetrazole rings is 1. The third kappa shape index (κ3) is 8.60. The number of carbonyl (C=O) groups excluding carboxylic acids is 3. The summed E-state index contributed by atoms with van der Waals surface area (Å²) in [6, 6.07) is -1.12. The fourth-order valence-electron chi connectivity index (χ4n) is 4.00. The molecule has 0 bridgehead atoms. The van der Waals surface area contributed by atoms with Crippen LogP contribution in [0, 0.1) is 0 Å². The largest absolute Gasteiger partial charge is 0.479 e. The van der Waals surface area contributed by atoms with Gasteiger partial charge in [-0.1, -0.05) is 16.9 Å². The number of aromatic nitrogens is 6. The highest BCUT2D eigenvalue weighted by Gasteiger charge is 2.54. The number of nitrogens with two attached hydrogens (primary N) is 1. The number of anilines is 1. The number of aryl methyl sites for hydroxylation is 1. The van der Waals surface area contributed by atoms with Gasteiger partial charge in [0.25, 0.3) is 11.8 Å². The van der Waals surface area contributed by atoms with E-state index in [9.17, 15) is 29.1 Å². The van der Waals surface area contributed by atoms with Gasteiger partial charge in [-0.3, -0.25) is 14.5 Å². The van der Waals surface area contributed by atoms with Gasteiger partial charge in [0.15, 0.2) is 5.13 Å². The zero-order valence-corrected chi connectivity index (χ0v) is 27.0. The molecule has 0 aliphatic carbocycles. The highest BCUT2D eigenvalue weighted by molar-refractivity contribution is 8.01. The second kappa shape index (κ2) is 14.7. The Morgan fingerprint density at radius 1 is 1.24 bits per heavy atom. The SMILES string of the molecule is CC(C)(C)OC(=O)NCCCn1nnnc1SCC1=C(C(=O)O)N2C(=O)C(NC(=O)/C(=N\OCC(=O)O)c3nsc(N)n3)[C@H]2SC1. The number of aliphatic carboxylic acids is 2. The number of carbonyl (C=O) groups is 5. The van der Waals surface area contributed by atoms with Crippen LogP contribution in [0.4, 0.5) is 9.93 Å².